The number of rotatable bonds is 5. The Morgan fingerprint density at radius 3 is 2.57 bits per heavy atom. The number of piperazine rings is 1. The molecule has 116 valence electrons. The van der Waals surface area contributed by atoms with E-state index in [1.807, 2.05) is 0 Å². The largest absolute Gasteiger partial charge is 0.397 e. The number of nitrogens with two attached hydrogens (primary N) is 1. The first-order chi connectivity index (χ1) is 10.1. The fourth-order valence-corrected chi connectivity index (χ4v) is 2.45. The van der Waals surface area contributed by atoms with Gasteiger partial charge in [0, 0.05) is 39.1 Å². The maximum absolute atomic E-state index is 12.9. The summed E-state index contributed by atoms with van der Waals surface area (Å²) in [6.45, 7) is 8.10. The van der Waals surface area contributed by atoms with Gasteiger partial charge in [-0.15, -0.1) is 0 Å². The molecule has 0 atom stereocenters. The topological polar surface area (TPSA) is 61.6 Å². The summed E-state index contributed by atoms with van der Waals surface area (Å²) < 4.78 is 12.9. The zero-order valence-corrected chi connectivity index (χ0v) is 12.4. The molecular formula is C15H23FN4O. The first-order valence-corrected chi connectivity index (χ1v) is 7.38. The van der Waals surface area contributed by atoms with Gasteiger partial charge in [-0.25, -0.2) is 4.39 Å². The van der Waals surface area contributed by atoms with Crippen LogP contribution in [0.3, 0.4) is 0 Å². The van der Waals surface area contributed by atoms with Crippen LogP contribution in [0.4, 0.5) is 15.8 Å². The Balaban J connectivity index is 1.75. The van der Waals surface area contributed by atoms with Crippen LogP contribution in [0.25, 0.3) is 0 Å². The lowest BCUT2D eigenvalue weighted by atomic mass is 10.2. The molecule has 1 heterocycles. The molecule has 1 aliphatic rings. The van der Waals surface area contributed by atoms with E-state index in [1.165, 1.54) is 18.2 Å². The van der Waals surface area contributed by atoms with Crippen molar-refractivity contribution in [2.75, 3.05) is 50.3 Å². The van der Waals surface area contributed by atoms with E-state index in [0.29, 0.717) is 12.1 Å². The number of benzene rings is 1. The Morgan fingerprint density at radius 2 is 1.95 bits per heavy atom. The monoisotopic (exact) mass is 294 g/mol. The summed E-state index contributed by atoms with van der Waals surface area (Å²) in [5.74, 6) is -0.495. The highest BCUT2D eigenvalue weighted by molar-refractivity contribution is 5.93. The van der Waals surface area contributed by atoms with E-state index in [-0.39, 0.29) is 11.6 Å². The van der Waals surface area contributed by atoms with Crippen LogP contribution >= 0.6 is 0 Å². The van der Waals surface area contributed by atoms with Crippen LogP contribution in [-0.4, -0.2) is 55.0 Å². The number of amides is 1. The molecular weight excluding hydrogens is 271 g/mol. The molecule has 0 bridgehead atoms. The molecule has 3 N–H and O–H groups in total. The predicted octanol–water partition coefficient (Wildman–Crippen LogP) is 1.37. The van der Waals surface area contributed by atoms with Gasteiger partial charge in [-0.05, 0) is 24.7 Å². The molecule has 2 rings (SSSR count). The molecule has 5 nitrogen and oxygen atoms in total. The molecule has 1 aromatic rings. The fourth-order valence-electron chi connectivity index (χ4n) is 2.45. The number of likely N-dealkylation sites (N-methyl/N-ethyl adjacent to an activating group) is 1. The Bertz CT molecular complexity index is 487. The summed E-state index contributed by atoms with van der Waals surface area (Å²) >= 11 is 0. The Kier molecular flexibility index (Phi) is 5.52. The summed E-state index contributed by atoms with van der Waals surface area (Å²) in [5, 5.41) is 2.73. The van der Waals surface area contributed by atoms with Crippen molar-refractivity contribution in [3.63, 3.8) is 0 Å². The zero-order valence-electron chi connectivity index (χ0n) is 12.4. The second-order valence-electron chi connectivity index (χ2n) is 5.31. The molecule has 1 amide bonds. The molecule has 1 aliphatic heterocycles. The third-order valence-electron chi connectivity index (χ3n) is 3.85. The predicted molar refractivity (Wildman–Crippen MR) is 82.6 cm³/mol. The van der Waals surface area contributed by atoms with E-state index in [4.69, 9.17) is 5.73 Å². The fraction of sp³-hybridized carbons (Fsp3) is 0.533. The van der Waals surface area contributed by atoms with Gasteiger partial charge in [0.2, 0.25) is 5.91 Å². The highest BCUT2D eigenvalue weighted by Gasteiger charge is 2.16. The van der Waals surface area contributed by atoms with Crippen molar-refractivity contribution in [1.82, 2.24) is 9.80 Å². The van der Waals surface area contributed by atoms with Crippen molar-refractivity contribution in [1.29, 1.82) is 0 Å². The van der Waals surface area contributed by atoms with Gasteiger partial charge in [-0.3, -0.25) is 4.79 Å². The van der Waals surface area contributed by atoms with Crippen molar-refractivity contribution >= 4 is 17.3 Å². The van der Waals surface area contributed by atoms with Crippen LogP contribution in [0, 0.1) is 5.82 Å². The van der Waals surface area contributed by atoms with Crippen LogP contribution in [-0.2, 0) is 4.79 Å². The van der Waals surface area contributed by atoms with Crippen molar-refractivity contribution in [3.05, 3.63) is 24.0 Å². The van der Waals surface area contributed by atoms with E-state index in [2.05, 4.69) is 22.0 Å². The highest BCUT2D eigenvalue weighted by atomic mass is 19.1. The minimum atomic E-state index is -0.403. The molecule has 6 heteroatoms. The molecule has 21 heavy (non-hydrogen) atoms. The summed E-state index contributed by atoms with van der Waals surface area (Å²) in [6, 6.07) is 3.98. The molecule has 0 saturated carbocycles. The summed E-state index contributed by atoms with van der Waals surface area (Å²) in [4.78, 5) is 16.6. The molecule has 1 saturated heterocycles. The van der Waals surface area contributed by atoms with E-state index in [9.17, 15) is 9.18 Å². The van der Waals surface area contributed by atoms with Gasteiger partial charge < -0.3 is 20.9 Å². The number of carbonyl (C=O) groups is 1. The number of anilines is 2. The second-order valence-corrected chi connectivity index (χ2v) is 5.31. The van der Waals surface area contributed by atoms with E-state index in [1.54, 1.807) is 0 Å². The minimum absolute atomic E-state index is 0.0915. The quantitative estimate of drug-likeness (QED) is 0.805. The van der Waals surface area contributed by atoms with Crippen LogP contribution in [0.1, 0.15) is 13.3 Å². The van der Waals surface area contributed by atoms with Gasteiger partial charge in [0.1, 0.15) is 5.82 Å². The maximum Gasteiger partial charge on any atom is 0.225 e. The number of nitrogens with one attached hydrogen (secondary N) is 1. The number of hydrogen-bond acceptors (Lipinski definition) is 4. The normalized spacial score (nSPS) is 16.9. The van der Waals surface area contributed by atoms with E-state index >= 15 is 0 Å². The van der Waals surface area contributed by atoms with Gasteiger partial charge in [-0.2, -0.15) is 0 Å². The molecule has 1 fully saturated rings. The molecule has 0 aromatic heterocycles. The molecule has 0 unspecified atom stereocenters. The SMILES string of the molecule is CCN1CCN(CCC(=O)Nc2ccc(F)cc2N)CC1. The van der Waals surface area contributed by atoms with Gasteiger partial charge in [0.05, 0.1) is 11.4 Å². The maximum atomic E-state index is 12.9. The average molecular weight is 294 g/mol. The lowest BCUT2D eigenvalue weighted by Gasteiger charge is -2.33. The third-order valence-corrected chi connectivity index (χ3v) is 3.85. The Hall–Kier alpha value is -1.66. The average Bonchev–Trinajstić information content (AvgIpc) is 2.48. The number of hydrogen-bond donors (Lipinski definition) is 2. The van der Waals surface area contributed by atoms with Gasteiger partial charge in [0.25, 0.3) is 0 Å². The third kappa shape index (κ3) is 4.68. The number of halogens is 1. The van der Waals surface area contributed by atoms with E-state index < -0.39 is 5.82 Å². The lowest BCUT2D eigenvalue weighted by molar-refractivity contribution is -0.116. The van der Waals surface area contributed by atoms with E-state index in [0.717, 1.165) is 39.3 Å². The second kappa shape index (κ2) is 7.38. The number of nitrogen functional groups attached to an aromatic ring is 1. The van der Waals surface area contributed by atoms with Gasteiger partial charge >= 0.3 is 0 Å². The first-order valence-electron chi connectivity index (χ1n) is 7.38. The summed E-state index contributed by atoms with van der Waals surface area (Å²) in [5.41, 5.74) is 6.39. The smallest absolute Gasteiger partial charge is 0.225 e. The molecule has 1 aromatic carbocycles. The highest BCUT2D eigenvalue weighted by Crippen LogP contribution is 2.19. The molecule has 0 spiro atoms. The lowest BCUT2D eigenvalue weighted by Crippen LogP contribution is -2.46. The number of carbonyl (C=O) groups excluding carboxylic acids is 1. The van der Waals surface area contributed by atoms with Crippen molar-refractivity contribution < 1.29 is 9.18 Å². The standard InChI is InChI=1S/C15H23FN4O/c1-2-19-7-9-20(10-8-19)6-5-15(21)18-14-4-3-12(16)11-13(14)17/h3-4,11H,2,5-10,17H2,1H3,(H,18,21). The van der Waals surface area contributed by atoms with Crippen LogP contribution < -0.4 is 11.1 Å². The first kappa shape index (κ1) is 15.7. The van der Waals surface area contributed by atoms with Crippen LogP contribution in [0.2, 0.25) is 0 Å². The van der Waals surface area contributed by atoms with Crippen molar-refractivity contribution in [2.24, 2.45) is 0 Å². The van der Waals surface area contributed by atoms with Crippen LogP contribution in [0.15, 0.2) is 18.2 Å². The molecule has 0 radical (unpaired) electrons. The molecule has 0 aliphatic carbocycles. The van der Waals surface area contributed by atoms with Gasteiger partial charge in [-0.1, -0.05) is 6.92 Å². The Labute approximate surface area is 124 Å². The van der Waals surface area contributed by atoms with Gasteiger partial charge in [0.15, 0.2) is 0 Å². The van der Waals surface area contributed by atoms with Crippen molar-refractivity contribution in [3.8, 4) is 0 Å². The summed E-state index contributed by atoms with van der Waals surface area (Å²) in [7, 11) is 0. The summed E-state index contributed by atoms with van der Waals surface area (Å²) in [6.07, 6.45) is 0.420. The number of nitrogens with zero attached hydrogens (tertiary/aromatic N) is 2. The zero-order chi connectivity index (χ0) is 15.2. The van der Waals surface area contributed by atoms with Crippen LogP contribution in [0.5, 0.6) is 0 Å². The Morgan fingerprint density at radius 1 is 1.29 bits per heavy atom. The van der Waals surface area contributed by atoms with Crippen molar-refractivity contribution in [2.45, 2.75) is 13.3 Å². The minimum Gasteiger partial charge on any atom is -0.397 e.